The van der Waals surface area contributed by atoms with Gasteiger partial charge in [0, 0.05) is 6.04 Å². The van der Waals surface area contributed by atoms with Crippen LogP contribution in [0.3, 0.4) is 0 Å². The average molecular weight is 308 g/mol. The predicted molar refractivity (Wildman–Crippen MR) is 66.3 cm³/mol. The Balaban J connectivity index is 2.07. The first kappa shape index (κ1) is 15.0. The molecule has 110 valence electrons. The highest BCUT2D eigenvalue weighted by Crippen LogP contribution is 2.37. The van der Waals surface area contributed by atoms with E-state index in [1.54, 1.807) is 0 Å². The number of carbonyl (C=O) groups excluding carboxylic acids is 1. The molecule has 2 unspecified atom stereocenters. The molecule has 0 bridgehead atoms. The van der Waals surface area contributed by atoms with Gasteiger partial charge in [-0.15, -0.1) is 10.2 Å². The van der Waals surface area contributed by atoms with Crippen LogP contribution in [-0.4, -0.2) is 28.3 Å². The second kappa shape index (κ2) is 5.95. The van der Waals surface area contributed by atoms with Crippen molar-refractivity contribution in [2.75, 3.05) is 0 Å². The fraction of sp³-hybridized carbons (Fsp3) is 0.583. The number of amides is 1. The van der Waals surface area contributed by atoms with Gasteiger partial charge in [0.15, 0.2) is 10.8 Å². The zero-order valence-electron chi connectivity index (χ0n) is 10.5. The average Bonchev–Trinajstić information content (AvgIpc) is 2.38. The third-order valence-electron chi connectivity index (χ3n) is 3.37. The van der Waals surface area contributed by atoms with E-state index in [9.17, 15) is 18.0 Å². The van der Waals surface area contributed by atoms with Gasteiger partial charge in [-0.3, -0.25) is 4.79 Å². The van der Waals surface area contributed by atoms with Crippen LogP contribution in [0.4, 0.5) is 13.2 Å². The van der Waals surface area contributed by atoms with Crippen LogP contribution in [0.25, 0.3) is 0 Å². The predicted octanol–water partition coefficient (Wildman–Crippen LogP) is 2.98. The van der Waals surface area contributed by atoms with Crippen molar-refractivity contribution in [2.24, 2.45) is 5.92 Å². The number of alkyl halides is 3. The summed E-state index contributed by atoms with van der Waals surface area (Å²) in [5.74, 6) is -2.16. The third-order valence-corrected chi connectivity index (χ3v) is 3.57. The molecule has 1 N–H and O–H groups in total. The lowest BCUT2D eigenvalue weighted by molar-refractivity contribution is -0.187. The van der Waals surface area contributed by atoms with E-state index >= 15 is 0 Å². The lowest BCUT2D eigenvalue weighted by Gasteiger charge is -2.33. The standard InChI is InChI=1S/C12H13ClF3N3O/c13-10-6-5-9(18-19-10)11(20)17-8-4-2-1-3-7(8)12(14,15)16/h5-8H,1-4H2,(H,17,20). The molecular formula is C12H13ClF3N3O. The summed E-state index contributed by atoms with van der Waals surface area (Å²) in [5, 5.41) is 9.57. The molecule has 8 heteroatoms. The van der Waals surface area contributed by atoms with Gasteiger partial charge in [-0.1, -0.05) is 24.4 Å². The molecule has 20 heavy (non-hydrogen) atoms. The molecule has 0 saturated heterocycles. The molecule has 1 aliphatic carbocycles. The maximum Gasteiger partial charge on any atom is 0.393 e. The van der Waals surface area contributed by atoms with Crippen LogP contribution in [0.1, 0.15) is 36.2 Å². The van der Waals surface area contributed by atoms with Gasteiger partial charge in [-0.25, -0.2) is 0 Å². The van der Waals surface area contributed by atoms with Gasteiger partial charge in [0.2, 0.25) is 0 Å². The van der Waals surface area contributed by atoms with Crippen molar-refractivity contribution in [1.29, 1.82) is 0 Å². The van der Waals surface area contributed by atoms with Crippen LogP contribution in [-0.2, 0) is 0 Å². The number of rotatable bonds is 2. The van der Waals surface area contributed by atoms with Crippen molar-refractivity contribution in [3.8, 4) is 0 Å². The van der Waals surface area contributed by atoms with Gasteiger partial charge in [0.25, 0.3) is 5.91 Å². The van der Waals surface area contributed by atoms with Gasteiger partial charge < -0.3 is 5.32 Å². The van der Waals surface area contributed by atoms with Crippen molar-refractivity contribution in [3.63, 3.8) is 0 Å². The Bertz CT molecular complexity index is 478. The number of carbonyl (C=O) groups is 1. The minimum Gasteiger partial charge on any atom is -0.347 e. The van der Waals surface area contributed by atoms with E-state index in [4.69, 9.17) is 11.6 Å². The van der Waals surface area contributed by atoms with Crippen molar-refractivity contribution in [3.05, 3.63) is 23.0 Å². The molecule has 0 spiro atoms. The molecule has 1 fully saturated rings. The summed E-state index contributed by atoms with van der Waals surface area (Å²) in [6.45, 7) is 0. The molecule has 1 amide bonds. The molecule has 1 saturated carbocycles. The molecule has 0 radical (unpaired) electrons. The second-order valence-electron chi connectivity index (χ2n) is 4.75. The fourth-order valence-electron chi connectivity index (χ4n) is 2.37. The molecule has 0 aliphatic heterocycles. The molecule has 1 aliphatic rings. The summed E-state index contributed by atoms with van der Waals surface area (Å²) in [6, 6.07) is 1.79. The lowest BCUT2D eigenvalue weighted by Crippen LogP contribution is -2.47. The summed E-state index contributed by atoms with van der Waals surface area (Å²) in [7, 11) is 0. The molecular weight excluding hydrogens is 295 g/mol. The molecule has 2 rings (SSSR count). The Labute approximate surface area is 118 Å². The maximum absolute atomic E-state index is 12.9. The first-order chi connectivity index (χ1) is 9.38. The number of halogens is 4. The summed E-state index contributed by atoms with van der Waals surface area (Å²) in [5.41, 5.74) is -0.0408. The van der Waals surface area contributed by atoms with Crippen molar-refractivity contribution in [1.82, 2.24) is 15.5 Å². The largest absolute Gasteiger partial charge is 0.393 e. The van der Waals surface area contributed by atoms with E-state index in [2.05, 4.69) is 15.5 Å². The van der Waals surface area contributed by atoms with E-state index in [1.807, 2.05) is 0 Å². The molecule has 1 heterocycles. The first-order valence-corrected chi connectivity index (χ1v) is 6.62. The Morgan fingerprint density at radius 2 is 1.95 bits per heavy atom. The van der Waals surface area contributed by atoms with Crippen LogP contribution in [0.15, 0.2) is 12.1 Å². The van der Waals surface area contributed by atoms with Crippen LogP contribution in [0, 0.1) is 5.92 Å². The van der Waals surface area contributed by atoms with Gasteiger partial charge in [-0.05, 0) is 25.0 Å². The van der Waals surface area contributed by atoms with Gasteiger partial charge in [0.05, 0.1) is 5.92 Å². The molecule has 1 aromatic heterocycles. The fourth-order valence-corrected chi connectivity index (χ4v) is 2.48. The quantitative estimate of drug-likeness (QED) is 0.914. The van der Waals surface area contributed by atoms with Crippen LogP contribution in [0.2, 0.25) is 5.15 Å². The zero-order chi connectivity index (χ0) is 14.8. The Hall–Kier alpha value is -1.37. The number of hydrogen-bond acceptors (Lipinski definition) is 3. The van der Waals surface area contributed by atoms with Gasteiger partial charge in [0.1, 0.15) is 0 Å². The minimum atomic E-state index is -4.30. The van der Waals surface area contributed by atoms with Crippen LogP contribution < -0.4 is 5.32 Å². The Morgan fingerprint density at radius 3 is 2.55 bits per heavy atom. The van der Waals surface area contributed by atoms with Crippen LogP contribution >= 0.6 is 11.6 Å². The summed E-state index contributed by atoms with van der Waals surface area (Å²) in [4.78, 5) is 11.9. The van der Waals surface area contributed by atoms with E-state index < -0.39 is 24.0 Å². The summed E-state index contributed by atoms with van der Waals surface area (Å²) in [6.07, 6.45) is -2.75. The SMILES string of the molecule is O=C(NC1CCCCC1C(F)(F)F)c1ccc(Cl)nn1. The van der Waals surface area contributed by atoms with Crippen molar-refractivity contribution >= 4 is 17.5 Å². The topological polar surface area (TPSA) is 54.9 Å². The number of hydrogen-bond donors (Lipinski definition) is 1. The lowest BCUT2D eigenvalue weighted by atomic mass is 9.84. The highest BCUT2D eigenvalue weighted by molar-refractivity contribution is 6.29. The monoisotopic (exact) mass is 307 g/mol. The first-order valence-electron chi connectivity index (χ1n) is 6.25. The van der Waals surface area contributed by atoms with Crippen LogP contribution in [0.5, 0.6) is 0 Å². The van der Waals surface area contributed by atoms with E-state index in [0.29, 0.717) is 19.3 Å². The highest BCUT2D eigenvalue weighted by Gasteiger charge is 2.46. The zero-order valence-corrected chi connectivity index (χ0v) is 11.2. The van der Waals surface area contributed by atoms with Crippen molar-refractivity contribution < 1.29 is 18.0 Å². The van der Waals surface area contributed by atoms with E-state index in [-0.39, 0.29) is 17.3 Å². The molecule has 2 atom stereocenters. The van der Waals surface area contributed by atoms with Gasteiger partial charge in [-0.2, -0.15) is 13.2 Å². The normalized spacial score (nSPS) is 23.4. The Kier molecular flexibility index (Phi) is 4.47. The molecule has 4 nitrogen and oxygen atoms in total. The van der Waals surface area contributed by atoms with Crippen molar-refractivity contribution in [2.45, 2.75) is 37.9 Å². The van der Waals surface area contributed by atoms with E-state index in [0.717, 1.165) is 0 Å². The molecule has 1 aromatic rings. The second-order valence-corrected chi connectivity index (χ2v) is 5.14. The highest BCUT2D eigenvalue weighted by atomic mass is 35.5. The number of aromatic nitrogens is 2. The number of nitrogens with one attached hydrogen (secondary N) is 1. The minimum absolute atomic E-state index is 0.0408. The third kappa shape index (κ3) is 3.59. The van der Waals surface area contributed by atoms with Gasteiger partial charge >= 0.3 is 6.18 Å². The Morgan fingerprint density at radius 1 is 1.25 bits per heavy atom. The summed E-state index contributed by atoms with van der Waals surface area (Å²) >= 11 is 5.54. The smallest absolute Gasteiger partial charge is 0.347 e. The molecule has 0 aromatic carbocycles. The number of nitrogens with zero attached hydrogens (tertiary/aromatic N) is 2. The maximum atomic E-state index is 12.9. The summed E-state index contributed by atoms with van der Waals surface area (Å²) < 4.78 is 38.7. The van der Waals surface area contributed by atoms with E-state index in [1.165, 1.54) is 12.1 Å².